The highest BCUT2D eigenvalue weighted by Gasteiger charge is 2.17. The first-order chi connectivity index (χ1) is 9.42. The molecule has 0 saturated heterocycles. The SMILES string of the molecule is CS(=O)(=O)OC(Cc1ccc(Cl)cc1)Cn1ccnc1. The molecule has 1 aromatic carbocycles. The zero-order chi connectivity index (χ0) is 14.6. The van der Waals surface area contributed by atoms with Crippen molar-refractivity contribution in [3.8, 4) is 0 Å². The molecule has 5 nitrogen and oxygen atoms in total. The van der Waals surface area contributed by atoms with Crippen LogP contribution in [0.5, 0.6) is 0 Å². The van der Waals surface area contributed by atoms with Crippen molar-refractivity contribution in [1.29, 1.82) is 0 Å². The van der Waals surface area contributed by atoms with E-state index < -0.39 is 16.2 Å². The fourth-order valence-electron chi connectivity index (χ4n) is 1.89. The van der Waals surface area contributed by atoms with Crippen LogP contribution < -0.4 is 0 Å². The van der Waals surface area contributed by atoms with E-state index in [0.717, 1.165) is 11.8 Å². The van der Waals surface area contributed by atoms with Crippen molar-refractivity contribution in [2.75, 3.05) is 6.26 Å². The lowest BCUT2D eigenvalue weighted by atomic mass is 10.1. The molecule has 1 atom stereocenters. The highest BCUT2D eigenvalue weighted by molar-refractivity contribution is 7.86. The topological polar surface area (TPSA) is 61.2 Å². The van der Waals surface area contributed by atoms with Crippen molar-refractivity contribution in [3.05, 3.63) is 53.6 Å². The van der Waals surface area contributed by atoms with Crippen LogP contribution in [0.15, 0.2) is 43.0 Å². The fourth-order valence-corrected chi connectivity index (χ4v) is 2.64. The molecule has 0 radical (unpaired) electrons. The lowest BCUT2D eigenvalue weighted by molar-refractivity contribution is 0.190. The minimum Gasteiger partial charge on any atom is -0.335 e. The first-order valence-corrected chi connectivity index (χ1v) is 8.20. The summed E-state index contributed by atoms with van der Waals surface area (Å²) in [5.74, 6) is 0. The molecule has 0 N–H and O–H groups in total. The molecule has 1 heterocycles. The third kappa shape index (κ3) is 4.96. The van der Waals surface area contributed by atoms with E-state index in [1.54, 1.807) is 35.4 Å². The number of aromatic nitrogens is 2. The van der Waals surface area contributed by atoms with Gasteiger partial charge in [0.2, 0.25) is 0 Å². The summed E-state index contributed by atoms with van der Waals surface area (Å²) >= 11 is 5.83. The van der Waals surface area contributed by atoms with E-state index in [4.69, 9.17) is 15.8 Å². The molecule has 0 aliphatic heterocycles. The zero-order valence-corrected chi connectivity index (χ0v) is 12.5. The summed E-state index contributed by atoms with van der Waals surface area (Å²) < 4.78 is 29.6. The molecule has 0 bridgehead atoms. The maximum atomic E-state index is 11.3. The smallest absolute Gasteiger partial charge is 0.264 e. The van der Waals surface area contributed by atoms with Crippen LogP contribution in [0, 0.1) is 0 Å². The van der Waals surface area contributed by atoms with Crippen molar-refractivity contribution in [2.45, 2.75) is 19.1 Å². The predicted octanol–water partition coefficient (Wildman–Crippen LogP) is 2.12. The summed E-state index contributed by atoms with van der Waals surface area (Å²) in [6.07, 6.45) is 6.07. The van der Waals surface area contributed by atoms with Gasteiger partial charge in [-0.05, 0) is 17.7 Å². The van der Waals surface area contributed by atoms with Crippen LogP contribution in [-0.2, 0) is 27.3 Å². The largest absolute Gasteiger partial charge is 0.335 e. The minimum absolute atomic E-state index is 0.412. The van der Waals surface area contributed by atoms with Gasteiger partial charge in [-0.25, -0.2) is 4.98 Å². The summed E-state index contributed by atoms with van der Waals surface area (Å²) in [5, 5.41) is 0.643. The molecule has 0 saturated carbocycles. The molecule has 20 heavy (non-hydrogen) atoms. The average Bonchev–Trinajstić information content (AvgIpc) is 2.83. The standard InChI is InChI=1S/C13H15ClN2O3S/c1-20(17,18)19-13(9-16-7-6-15-10-16)8-11-2-4-12(14)5-3-11/h2-7,10,13H,8-9H2,1H3. The normalized spacial score (nSPS) is 13.3. The summed E-state index contributed by atoms with van der Waals surface area (Å²) in [6, 6.07) is 7.25. The number of hydrogen-bond donors (Lipinski definition) is 0. The van der Waals surface area contributed by atoms with Crippen molar-refractivity contribution < 1.29 is 12.6 Å². The molecular weight excluding hydrogens is 300 g/mol. The molecule has 0 aliphatic rings. The molecule has 1 unspecified atom stereocenters. The van der Waals surface area contributed by atoms with Gasteiger partial charge in [-0.15, -0.1) is 0 Å². The number of imidazole rings is 1. The third-order valence-electron chi connectivity index (χ3n) is 2.66. The number of rotatable bonds is 6. The summed E-state index contributed by atoms with van der Waals surface area (Å²) in [5.41, 5.74) is 0.961. The quantitative estimate of drug-likeness (QED) is 0.766. The Morgan fingerprint density at radius 3 is 2.60 bits per heavy atom. The monoisotopic (exact) mass is 314 g/mol. The number of nitrogens with zero attached hydrogens (tertiary/aromatic N) is 2. The lowest BCUT2D eigenvalue weighted by Gasteiger charge is -2.17. The molecule has 2 aromatic rings. The summed E-state index contributed by atoms with van der Waals surface area (Å²) in [7, 11) is -3.51. The Morgan fingerprint density at radius 2 is 2.05 bits per heavy atom. The van der Waals surface area contributed by atoms with Crippen LogP contribution in [0.2, 0.25) is 5.02 Å². The van der Waals surface area contributed by atoms with Gasteiger partial charge in [-0.2, -0.15) is 8.42 Å². The molecule has 0 aliphatic carbocycles. The van der Waals surface area contributed by atoms with Gasteiger partial charge >= 0.3 is 0 Å². The highest BCUT2D eigenvalue weighted by atomic mass is 35.5. The van der Waals surface area contributed by atoms with Gasteiger partial charge in [0.25, 0.3) is 10.1 Å². The van der Waals surface area contributed by atoms with Crippen LogP contribution in [0.25, 0.3) is 0 Å². The van der Waals surface area contributed by atoms with Crippen LogP contribution in [0.3, 0.4) is 0 Å². The number of hydrogen-bond acceptors (Lipinski definition) is 4. The van der Waals surface area contributed by atoms with Crippen molar-refractivity contribution >= 4 is 21.7 Å². The van der Waals surface area contributed by atoms with Crippen LogP contribution in [-0.4, -0.2) is 30.3 Å². The Morgan fingerprint density at radius 1 is 1.35 bits per heavy atom. The van der Waals surface area contributed by atoms with E-state index >= 15 is 0 Å². The van der Waals surface area contributed by atoms with E-state index in [1.807, 2.05) is 12.1 Å². The van der Waals surface area contributed by atoms with Gasteiger partial charge in [0.1, 0.15) is 0 Å². The molecule has 108 valence electrons. The van der Waals surface area contributed by atoms with Gasteiger partial charge in [0, 0.05) is 23.8 Å². The maximum Gasteiger partial charge on any atom is 0.264 e. The number of benzene rings is 1. The van der Waals surface area contributed by atoms with E-state index in [9.17, 15) is 8.42 Å². The second-order valence-electron chi connectivity index (χ2n) is 4.51. The third-order valence-corrected chi connectivity index (χ3v) is 3.53. The Bertz CT molecular complexity index is 639. The number of halogens is 1. The zero-order valence-electron chi connectivity index (χ0n) is 10.9. The van der Waals surface area contributed by atoms with Gasteiger partial charge in [-0.1, -0.05) is 23.7 Å². The minimum atomic E-state index is -3.51. The van der Waals surface area contributed by atoms with E-state index in [-0.39, 0.29) is 0 Å². The lowest BCUT2D eigenvalue weighted by Crippen LogP contribution is -2.25. The molecule has 0 fully saturated rings. The maximum absolute atomic E-state index is 11.3. The molecule has 1 aromatic heterocycles. The Hall–Kier alpha value is -1.37. The second-order valence-corrected chi connectivity index (χ2v) is 6.55. The molecule has 0 amide bonds. The van der Waals surface area contributed by atoms with Crippen molar-refractivity contribution in [3.63, 3.8) is 0 Å². The molecular formula is C13H15ClN2O3S. The second kappa shape index (κ2) is 6.39. The van der Waals surface area contributed by atoms with Gasteiger partial charge < -0.3 is 4.57 Å². The summed E-state index contributed by atoms with van der Waals surface area (Å²) in [4.78, 5) is 3.93. The van der Waals surface area contributed by atoms with Gasteiger partial charge in [-0.3, -0.25) is 4.18 Å². The average molecular weight is 315 g/mol. The van der Waals surface area contributed by atoms with Crippen LogP contribution in [0.1, 0.15) is 5.56 Å². The summed E-state index contributed by atoms with van der Waals surface area (Å²) in [6.45, 7) is 0.412. The Kier molecular flexibility index (Phi) is 4.80. The van der Waals surface area contributed by atoms with Gasteiger partial charge in [0.15, 0.2) is 0 Å². The molecule has 2 rings (SSSR count). The first-order valence-electron chi connectivity index (χ1n) is 6.01. The molecule has 0 spiro atoms. The van der Waals surface area contributed by atoms with Crippen LogP contribution >= 0.6 is 11.6 Å². The predicted molar refractivity (Wildman–Crippen MR) is 77.1 cm³/mol. The van der Waals surface area contributed by atoms with Crippen LogP contribution in [0.4, 0.5) is 0 Å². The van der Waals surface area contributed by atoms with Gasteiger partial charge in [0.05, 0.1) is 25.2 Å². The Balaban J connectivity index is 2.11. The molecule has 7 heteroatoms. The van der Waals surface area contributed by atoms with E-state index in [1.165, 1.54) is 0 Å². The van der Waals surface area contributed by atoms with Crippen molar-refractivity contribution in [2.24, 2.45) is 0 Å². The highest BCUT2D eigenvalue weighted by Crippen LogP contribution is 2.14. The Labute approximate surface area is 123 Å². The van der Waals surface area contributed by atoms with E-state index in [0.29, 0.717) is 18.0 Å². The first kappa shape index (κ1) is 15.0. The van der Waals surface area contributed by atoms with Crippen molar-refractivity contribution in [1.82, 2.24) is 9.55 Å². The van der Waals surface area contributed by atoms with E-state index in [2.05, 4.69) is 4.98 Å². The fraction of sp³-hybridized carbons (Fsp3) is 0.308.